The van der Waals surface area contributed by atoms with E-state index in [4.69, 9.17) is 9.47 Å². The molecule has 3 nitrogen and oxygen atoms in total. The second-order valence-corrected chi connectivity index (χ2v) is 5.02. The van der Waals surface area contributed by atoms with E-state index >= 15 is 0 Å². The minimum absolute atomic E-state index is 0.133. The molecule has 0 radical (unpaired) electrons. The van der Waals surface area contributed by atoms with Crippen molar-refractivity contribution in [3.05, 3.63) is 35.9 Å². The molecule has 0 saturated carbocycles. The average molecular weight is 235 g/mol. The molecule has 0 spiro atoms. The van der Waals surface area contributed by atoms with Crippen LogP contribution < -0.4 is 5.32 Å². The SMILES string of the molecule is CC(NCc1ccccc1)C1COC(C)(C)O1. The van der Waals surface area contributed by atoms with Crippen LogP contribution in [-0.2, 0) is 16.0 Å². The zero-order chi connectivity index (χ0) is 12.3. The fourth-order valence-electron chi connectivity index (χ4n) is 1.97. The summed E-state index contributed by atoms with van der Waals surface area (Å²) in [6, 6.07) is 10.7. The molecule has 94 valence electrons. The monoisotopic (exact) mass is 235 g/mol. The van der Waals surface area contributed by atoms with E-state index in [0.29, 0.717) is 6.61 Å². The zero-order valence-electron chi connectivity index (χ0n) is 10.8. The standard InChI is InChI=1S/C14H21NO2/c1-11(13-10-16-14(2,3)17-13)15-9-12-7-5-4-6-8-12/h4-8,11,13,15H,9-10H2,1-3H3. The van der Waals surface area contributed by atoms with Crippen LogP contribution in [0, 0.1) is 0 Å². The molecule has 1 N–H and O–H groups in total. The van der Waals surface area contributed by atoms with Crippen molar-refractivity contribution in [1.82, 2.24) is 5.32 Å². The summed E-state index contributed by atoms with van der Waals surface area (Å²) in [5.41, 5.74) is 1.29. The normalized spacial score (nSPS) is 24.8. The molecule has 2 unspecified atom stereocenters. The van der Waals surface area contributed by atoms with Gasteiger partial charge >= 0.3 is 0 Å². The Morgan fingerprint density at radius 2 is 2.06 bits per heavy atom. The molecule has 1 aromatic carbocycles. The summed E-state index contributed by atoms with van der Waals surface area (Å²) in [7, 11) is 0. The van der Waals surface area contributed by atoms with E-state index in [2.05, 4.69) is 36.5 Å². The van der Waals surface area contributed by atoms with Gasteiger partial charge in [-0.1, -0.05) is 30.3 Å². The predicted octanol–water partition coefficient (Wildman–Crippen LogP) is 2.32. The number of ether oxygens (including phenoxy) is 2. The number of benzene rings is 1. The molecule has 2 atom stereocenters. The molecular weight excluding hydrogens is 214 g/mol. The number of nitrogens with one attached hydrogen (secondary N) is 1. The first-order valence-corrected chi connectivity index (χ1v) is 6.16. The summed E-state index contributed by atoms with van der Waals surface area (Å²) in [5.74, 6) is -0.437. The van der Waals surface area contributed by atoms with Gasteiger partial charge in [0.25, 0.3) is 0 Å². The van der Waals surface area contributed by atoms with Gasteiger partial charge in [-0.25, -0.2) is 0 Å². The third-order valence-corrected chi connectivity index (χ3v) is 3.06. The molecule has 1 aliphatic heterocycles. The number of rotatable bonds is 4. The average Bonchev–Trinajstić information content (AvgIpc) is 2.68. The Kier molecular flexibility index (Phi) is 3.82. The highest BCUT2D eigenvalue weighted by molar-refractivity contribution is 5.14. The molecule has 1 fully saturated rings. The second-order valence-electron chi connectivity index (χ2n) is 5.02. The van der Waals surface area contributed by atoms with Crippen molar-refractivity contribution in [2.75, 3.05) is 6.61 Å². The van der Waals surface area contributed by atoms with Gasteiger partial charge < -0.3 is 14.8 Å². The Balaban J connectivity index is 1.80. The largest absolute Gasteiger partial charge is 0.348 e. The van der Waals surface area contributed by atoms with E-state index in [9.17, 15) is 0 Å². The zero-order valence-corrected chi connectivity index (χ0v) is 10.8. The van der Waals surface area contributed by atoms with E-state index < -0.39 is 5.79 Å². The van der Waals surface area contributed by atoms with Crippen LogP contribution in [0.2, 0.25) is 0 Å². The summed E-state index contributed by atoms with van der Waals surface area (Å²) < 4.78 is 11.4. The van der Waals surface area contributed by atoms with E-state index in [0.717, 1.165) is 6.54 Å². The van der Waals surface area contributed by atoms with Crippen molar-refractivity contribution < 1.29 is 9.47 Å². The van der Waals surface area contributed by atoms with Gasteiger partial charge in [0.1, 0.15) is 0 Å². The molecule has 1 aliphatic rings. The van der Waals surface area contributed by atoms with Gasteiger partial charge in [-0.3, -0.25) is 0 Å². The maximum atomic E-state index is 5.81. The third kappa shape index (κ3) is 3.53. The van der Waals surface area contributed by atoms with Gasteiger partial charge in [0.2, 0.25) is 0 Å². The lowest BCUT2D eigenvalue weighted by molar-refractivity contribution is -0.141. The van der Waals surface area contributed by atoms with E-state index in [1.54, 1.807) is 0 Å². The molecule has 1 heterocycles. The van der Waals surface area contributed by atoms with Gasteiger partial charge in [-0.15, -0.1) is 0 Å². The summed E-state index contributed by atoms with van der Waals surface area (Å²) in [4.78, 5) is 0. The highest BCUT2D eigenvalue weighted by Gasteiger charge is 2.35. The first kappa shape index (κ1) is 12.6. The fraction of sp³-hybridized carbons (Fsp3) is 0.571. The Labute approximate surface area is 103 Å². The van der Waals surface area contributed by atoms with Crippen LogP contribution in [0.4, 0.5) is 0 Å². The van der Waals surface area contributed by atoms with Gasteiger partial charge in [0, 0.05) is 12.6 Å². The molecule has 0 amide bonds. The van der Waals surface area contributed by atoms with Crippen molar-refractivity contribution in [2.45, 2.75) is 45.2 Å². The van der Waals surface area contributed by atoms with Gasteiger partial charge in [-0.05, 0) is 26.3 Å². The minimum atomic E-state index is -0.437. The summed E-state index contributed by atoms with van der Waals surface area (Å²) in [6.07, 6.45) is 0.133. The van der Waals surface area contributed by atoms with Crippen LogP contribution >= 0.6 is 0 Å². The minimum Gasteiger partial charge on any atom is -0.348 e. The van der Waals surface area contributed by atoms with Crippen molar-refractivity contribution >= 4 is 0 Å². The molecule has 3 heteroatoms. The van der Waals surface area contributed by atoms with Crippen molar-refractivity contribution in [2.24, 2.45) is 0 Å². The van der Waals surface area contributed by atoms with Crippen LogP contribution in [0.25, 0.3) is 0 Å². The Hall–Kier alpha value is -0.900. The van der Waals surface area contributed by atoms with Crippen LogP contribution in [0.1, 0.15) is 26.3 Å². The van der Waals surface area contributed by atoms with Crippen molar-refractivity contribution in [3.63, 3.8) is 0 Å². The Morgan fingerprint density at radius 3 is 2.65 bits per heavy atom. The quantitative estimate of drug-likeness (QED) is 0.868. The fourth-order valence-corrected chi connectivity index (χ4v) is 1.97. The maximum Gasteiger partial charge on any atom is 0.163 e. The van der Waals surface area contributed by atoms with E-state index in [-0.39, 0.29) is 12.1 Å². The predicted molar refractivity (Wildman–Crippen MR) is 67.6 cm³/mol. The third-order valence-electron chi connectivity index (χ3n) is 3.06. The lowest BCUT2D eigenvalue weighted by atomic mass is 10.1. The van der Waals surface area contributed by atoms with Crippen LogP contribution in [0.3, 0.4) is 0 Å². The van der Waals surface area contributed by atoms with Crippen LogP contribution in [0.15, 0.2) is 30.3 Å². The molecule has 17 heavy (non-hydrogen) atoms. The first-order valence-electron chi connectivity index (χ1n) is 6.16. The second kappa shape index (κ2) is 5.17. The Bertz CT molecular complexity index is 350. The smallest absolute Gasteiger partial charge is 0.163 e. The number of hydrogen-bond donors (Lipinski definition) is 1. The van der Waals surface area contributed by atoms with Crippen LogP contribution in [-0.4, -0.2) is 24.5 Å². The lowest BCUT2D eigenvalue weighted by Gasteiger charge is -2.22. The number of hydrogen-bond acceptors (Lipinski definition) is 3. The van der Waals surface area contributed by atoms with Crippen LogP contribution in [0.5, 0.6) is 0 Å². The highest BCUT2D eigenvalue weighted by Crippen LogP contribution is 2.24. The molecule has 1 aromatic rings. The highest BCUT2D eigenvalue weighted by atomic mass is 16.7. The Morgan fingerprint density at radius 1 is 1.35 bits per heavy atom. The molecule has 2 rings (SSSR count). The summed E-state index contributed by atoms with van der Waals surface area (Å²) in [5, 5.41) is 3.47. The van der Waals surface area contributed by atoms with Crippen molar-refractivity contribution in [3.8, 4) is 0 Å². The summed E-state index contributed by atoms with van der Waals surface area (Å²) in [6.45, 7) is 7.57. The van der Waals surface area contributed by atoms with E-state index in [1.165, 1.54) is 5.56 Å². The van der Waals surface area contributed by atoms with Gasteiger partial charge in [0.15, 0.2) is 5.79 Å². The molecule has 0 aliphatic carbocycles. The van der Waals surface area contributed by atoms with Gasteiger partial charge in [0.05, 0.1) is 12.7 Å². The van der Waals surface area contributed by atoms with Gasteiger partial charge in [-0.2, -0.15) is 0 Å². The summed E-state index contributed by atoms with van der Waals surface area (Å²) >= 11 is 0. The first-order chi connectivity index (χ1) is 8.07. The maximum absolute atomic E-state index is 5.81. The van der Waals surface area contributed by atoms with E-state index in [1.807, 2.05) is 19.9 Å². The molecule has 0 aromatic heterocycles. The lowest BCUT2D eigenvalue weighted by Crippen LogP contribution is -2.39. The molecular formula is C14H21NO2. The molecule has 1 saturated heterocycles. The molecule has 0 bridgehead atoms. The van der Waals surface area contributed by atoms with Crippen molar-refractivity contribution in [1.29, 1.82) is 0 Å². The topological polar surface area (TPSA) is 30.5 Å².